The maximum atomic E-state index is 2.56. The third-order valence-corrected chi connectivity index (χ3v) is 15.5. The highest BCUT2D eigenvalue weighted by Gasteiger charge is 2.57. The van der Waals surface area contributed by atoms with E-state index < -0.39 is 0 Å². The SMILES string of the molecule is CC(C)(C)C1CCC2C3CCCCC3C(CCC3C4CC(C(C)(C)C)CCC4C4CCC(C(C)(C)C)CC43)C2C1. The van der Waals surface area contributed by atoms with E-state index >= 15 is 0 Å². The molecular weight excluding hydrogens is 480 g/mol. The van der Waals surface area contributed by atoms with Crippen molar-refractivity contribution in [1.29, 1.82) is 0 Å². The first-order valence-corrected chi connectivity index (χ1v) is 18.7. The van der Waals surface area contributed by atoms with Crippen LogP contribution in [0, 0.1) is 93.2 Å². The Morgan fingerprint density at radius 1 is 0.350 bits per heavy atom. The van der Waals surface area contributed by atoms with Gasteiger partial charge in [0.25, 0.3) is 0 Å². The number of hydrogen-bond donors (Lipinski definition) is 0. The molecule has 0 N–H and O–H groups in total. The molecule has 230 valence electrons. The van der Waals surface area contributed by atoms with Crippen LogP contribution in [0.5, 0.6) is 0 Å². The molecule has 0 aromatic heterocycles. The minimum absolute atomic E-state index is 0.495. The predicted octanol–water partition coefficient (Wildman–Crippen LogP) is 12.1. The molecule has 0 nitrogen and oxygen atoms in total. The third kappa shape index (κ3) is 5.53. The number of hydrogen-bond acceptors (Lipinski definition) is 0. The van der Waals surface area contributed by atoms with Gasteiger partial charge in [-0.25, -0.2) is 0 Å². The highest BCUT2D eigenvalue weighted by Crippen LogP contribution is 2.65. The van der Waals surface area contributed by atoms with Crippen LogP contribution in [0.3, 0.4) is 0 Å². The molecule has 0 spiro atoms. The molecule has 0 amide bonds. The first-order valence-electron chi connectivity index (χ1n) is 18.7. The molecular formula is C40H70. The minimum Gasteiger partial charge on any atom is -0.0599 e. The van der Waals surface area contributed by atoms with Gasteiger partial charge in [0.05, 0.1) is 0 Å². The Morgan fingerprint density at radius 3 is 1.00 bits per heavy atom. The molecule has 0 heteroatoms. The zero-order chi connectivity index (χ0) is 28.6. The van der Waals surface area contributed by atoms with Crippen LogP contribution >= 0.6 is 0 Å². The minimum atomic E-state index is 0.495. The van der Waals surface area contributed by atoms with Crippen LogP contribution in [0.1, 0.15) is 159 Å². The van der Waals surface area contributed by atoms with E-state index in [-0.39, 0.29) is 0 Å². The first-order chi connectivity index (χ1) is 18.7. The molecule has 0 saturated heterocycles. The van der Waals surface area contributed by atoms with Gasteiger partial charge >= 0.3 is 0 Å². The van der Waals surface area contributed by atoms with Crippen LogP contribution in [0.2, 0.25) is 0 Å². The van der Waals surface area contributed by atoms with E-state index in [1.807, 2.05) is 0 Å². The molecule has 12 unspecified atom stereocenters. The molecule has 40 heavy (non-hydrogen) atoms. The molecule has 0 heterocycles. The van der Waals surface area contributed by atoms with E-state index in [1.165, 1.54) is 19.3 Å². The van der Waals surface area contributed by atoms with E-state index in [9.17, 15) is 0 Å². The summed E-state index contributed by atoms with van der Waals surface area (Å²) in [7, 11) is 0. The lowest BCUT2D eigenvalue weighted by Gasteiger charge is -2.43. The standard InChI is InChI=1S/C40H70/c1-38(2,3)25-14-17-30-28-12-10-11-13-29(28)33(35(30)22-25)20-21-34-36-23-26(39(4,5)6)15-18-31(36)32-19-16-27(24-37(32)34)40(7,8)9/h25-37H,10-24H2,1-9H3. The van der Waals surface area contributed by atoms with Gasteiger partial charge in [-0.1, -0.05) is 75.2 Å². The summed E-state index contributed by atoms with van der Waals surface area (Å²) < 4.78 is 0. The molecule has 6 aliphatic carbocycles. The van der Waals surface area contributed by atoms with Gasteiger partial charge in [-0.3, -0.25) is 0 Å². The van der Waals surface area contributed by atoms with Crippen molar-refractivity contribution in [1.82, 2.24) is 0 Å². The van der Waals surface area contributed by atoms with E-state index in [2.05, 4.69) is 62.3 Å². The summed E-state index contributed by atoms with van der Waals surface area (Å²) in [6, 6.07) is 0. The second kappa shape index (κ2) is 10.9. The Labute approximate surface area is 251 Å². The zero-order valence-corrected chi connectivity index (χ0v) is 28.6. The van der Waals surface area contributed by atoms with E-state index in [4.69, 9.17) is 0 Å². The van der Waals surface area contributed by atoms with Gasteiger partial charge < -0.3 is 0 Å². The number of rotatable bonds is 3. The Bertz CT molecular complexity index is 822. The van der Waals surface area contributed by atoms with Gasteiger partial charge in [0, 0.05) is 0 Å². The summed E-state index contributed by atoms with van der Waals surface area (Å²) in [6.07, 6.45) is 23.5. The monoisotopic (exact) mass is 551 g/mol. The summed E-state index contributed by atoms with van der Waals surface area (Å²) in [5.74, 6) is 13.6. The Kier molecular flexibility index (Phi) is 8.16. The van der Waals surface area contributed by atoms with Crippen LogP contribution < -0.4 is 0 Å². The second-order valence-corrected chi connectivity index (χ2v) is 20.1. The lowest BCUT2D eigenvalue weighted by molar-refractivity contribution is 0.0696. The first kappa shape index (κ1) is 30.0. The quantitative estimate of drug-likeness (QED) is 0.328. The molecule has 6 saturated carbocycles. The fourth-order valence-electron chi connectivity index (χ4n) is 13.2. The maximum absolute atomic E-state index is 2.56. The second-order valence-electron chi connectivity index (χ2n) is 20.1. The average molecular weight is 551 g/mol. The van der Waals surface area contributed by atoms with Crippen molar-refractivity contribution in [3.05, 3.63) is 0 Å². The van der Waals surface area contributed by atoms with Crippen molar-refractivity contribution >= 4 is 0 Å². The van der Waals surface area contributed by atoms with Crippen LogP contribution in [0.25, 0.3) is 0 Å². The Hall–Kier alpha value is 0. The lowest BCUT2D eigenvalue weighted by atomic mass is 9.62. The largest absolute Gasteiger partial charge is 0.0599 e. The van der Waals surface area contributed by atoms with Gasteiger partial charge in [0.1, 0.15) is 0 Å². The molecule has 0 aliphatic heterocycles. The van der Waals surface area contributed by atoms with Crippen LogP contribution in [-0.2, 0) is 0 Å². The van der Waals surface area contributed by atoms with Crippen LogP contribution in [0.4, 0.5) is 0 Å². The fraction of sp³-hybridized carbons (Fsp3) is 1.00. The van der Waals surface area contributed by atoms with E-state index in [1.54, 1.807) is 77.0 Å². The normalized spacial score (nSPS) is 47.8. The van der Waals surface area contributed by atoms with Gasteiger partial charge in [0.2, 0.25) is 0 Å². The maximum Gasteiger partial charge on any atom is -0.0349 e. The van der Waals surface area contributed by atoms with Crippen molar-refractivity contribution in [2.24, 2.45) is 93.2 Å². The third-order valence-electron chi connectivity index (χ3n) is 15.5. The summed E-state index contributed by atoms with van der Waals surface area (Å²) >= 11 is 0. The zero-order valence-electron chi connectivity index (χ0n) is 28.6. The summed E-state index contributed by atoms with van der Waals surface area (Å²) in [6.45, 7) is 23.0. The van der Waals surface area contributed by atoms with Crippen LogP contribution in [0.15, 0.2) is 0 Å². The molecule has 6 aliphatic rings. The van der Waals surface area contributed by atoms with Crippen LogP contribution in [-0.4, -0.2) is 0 Å². The predicted molar refractivity (Wildman–Crippen MR) is 173 cm³/mol. The highest BCUT2D eigenvalue weighted by molar-refractivity contribution is 5.06. The highest BCUT2D eigenvalue weighted by atomic mass is 14.6. The Morgan fingerprint density at radius 2 is 0.650 bits per heavy atom. The van der Waals surface area contributed by atoms with Crippen molar-refractivity contribution in [2.75, 3.05) is 0 Å². The molecule has 0 bridgehead atoms. The van der Waals surface area contributed by atoms with Crippen molar-refractivity contribution < 1.29 is 0 Å². The summed E-state index contributed by atoms with van der Waals surface area (Å²) in [5, 5.41) is 0. The van der Waals surface area contributed by atoms with E-state index in [0.29, 0.717) is 16.2 Å². The Balaban J connectivity index is 1.24. The lowest BCUT2D eigenvalue weighted by Crippen LogP contribution is -2.34. The van der Waals surface area contributed by atoms with Gasteiger partial charge in [-0.2, -0.15) is 0 Å². The molecule has 0 radical (unpaired) electrons. The molecule has 0 aromatic carbocycles. The van der Waals surface area contributed by atoms with Crippen molar-refractivity contribution in [3.8, 4) is 0 Å². The topological polar surface area (TPSA) is 0 Å². The molecule has 6 fully saturated rings. The van der Waals surface area contributed by atoms with E-state index in [0.717, 1.165) is 76.9 Å². The van der Waals surface area contributed by atoms with Gasteiger partial charge in [-0.15, -0.1) is 0 Å². The fourth-order valence-corrected chi connectivity index (χ4v) is 13.2. The summed E-state index contributed by atoms with van der Waals surface area (Å²) in [5.41, 5.74) is 1.49. The molecule has 0 aromatic rings. The number of fused-ring (bicyclic) bond motifs is 6. The van der Waals surface area contributed by atoms with Gasteiger partial charge in [-0.05, 0) is 177 Å². The van der Waals surface area contributed by atoms with Crippen molar-refractivity contribution in [3.63, 3.8) is 0 Å². The molecule has 6 rings (SSSR count). The van der Waals surface area contributed by atoms with Crippen molar-refractivity contribution in [2.45, 2.75) is 159 Å². The summed E-state index contributed by atoms with van der Waals surface area (Å²) in [4.78, 5) is 0. The molecule has 12 atom stereocenters. The smallest absolute Gasteiger partial charge is 0.0349 e. The van der Waals surface area contributed by atoms with Gasteiger partial charge in [0.15, 0.2) is 0 Å². The average Bonchev–Trinajstić information content (AvgIpc) is 3.37.